The molecule has 7 heteroatoms. The Morgan fingerprint density at radius 1 is 1.21 bits per heavy atom. The van der Waals surface area contributed by atoms with Gasteiger partial charge >= 0.3 is 0 Å². The summed E-state index contributed by atoms with van der Waals surface area (Å²) < 4.78 is 11.9. The van der Waals surface area contributed by atoms with Crippen molar-refractivity contribution in [1.29, 1.82) is 0 Å². The summed E-state index contributed by atoms with van der Waals surface area (Å²) in [5.41, 5.74) is 0. The molecule has 0 bridgehead atoms. The van der Waals surface area contributed by atoms with Crippen LogP contribution in [0, 0.1) is 0 Å². The molecule has 0 aromatic rings. The van der Waals surface area contributed by atoms with Crippen molar-refractivity contribution in [2.75, 3.05) is 52.5 Å². The van der Waals surface area contributed by atoms with E-state index in [1.54, 1.807) is 0 Å². The third kappa shape index (κ3) is 9.13. The van der Waals surface area contributed by atoms with Crippen molar-refractivity contribution in [3.63, 3.8) is 0 Å². The van der Waals surface area contributed by atoms with Crippen LogP contribution in [0.3, 0.4) is 0 Å². The van der Waals surface area contributed by atoms with Crippen LogP contribution in [0.4, 0.5) is 0 Å². The molecule has 0 aromatic heterocycles. The van der Waals surface area contributed by atoms with Gasteiger partial charge in [-0.3, -0.25) is 9.89 Å². The lowest BCUT2D eigenvalue weighted by atomic mass is 10.1. The molecule has 2 aliphatic heterocycles. The van der Waals surface area contributed by atoms with Crippen molar-refractivity contribution < 1.29 is 9.47 Å². The quantitative estimate of drug-likeness (QED) is 0.293. The maximum absolute atomic E-state index is 6.15. The van der Waals surface area contributed by atoms with Crippen LogP contribution >= 0.6 is 24.0 Å². The first-order chi connectivity index (χ1) is 13.1. The number of guanidine groups is 1. The second-order valence-electron chi connectivity index (χ2n) is 7.97. The minimum absolute atomic E-state index is 0. The summed E-state index contributed by atoms with van der Waals surface area (Å²) in [7, 11) is 0. The van der Waals surface area contributed by atoms with Gasteiger partial charge in [-0.05, 0) is 59.4 Å². The molecule has 2 rings (SSSR count). The van der Waals surface area contributed by atoms with Crippen LogP contribution in [0.15, 0.2) is 4.99 Å². The number of nitrogens with zero attached hydrogens (tertiary/aromatic N) is 3. The van der Waals surface area contributed by atoms with E-state index in [1.807, 2.05) is 0 Å². The second kappa shape index (κ2) is 14.8. The van der Waals surface area contributed by atoms with Crippen molar-refractivity contribution in [2.45, 2.75) is 78.0 Å². The predicted octanol–water partition coefficient (Wildman–Crippen LogP) is 3.35. The highest BCUT2D eigenvalue weighted by Crippen LogP contribution is 2.18. The first-order valence-corrected chi connectivity index (χ1v) is 11.1. The molecule has 1 N–H and O–H groups in total. The Balaban J connectivity index is 0.00000392. The van der Waals surface area contributed by atoms with Gasteiger partial charge < -0.3 is 19.7 Å². The van der Waals surface area contributed by atoms with Crippen molar-refractivity contribution in [3.8, 4) is 0 Å². The Hall–Kier alpha value is -0.120. The Kier molecular flexibility index (Phi) is 13.7. The van der Waals surface area contributed by atoms with Gasteiger partial charge in [0.05, 0.1) is 25.4 Å². The highest BCUT2D eigenvalue weighted by atomic mass is 127. The van der Waals surface area contributed by atoms with Gasteiger partial charge in [-0.1, -0.05) is 6.92 Å². The van der Waals surface area contributed by atoms with Crippen LogP contribution in [0.1, 0.15) is 59.8 Å². The molecule has 0 spiro atoms. The topological polar surface area (TPSA) is 49.3 Å². The molecule has 2 heterocycles. The summed E-state index contributed by atoms with van der Waals surface area (Å²) in [4.78, 5) is 9.73. The molecule has 6 nitrogen and oxygen atoms in total. The third-order valence-electron chi connectivity index (χ3n) is 5.65. The highest BCUT2D eigenvalue weighted by Gasteiger charge is 2.23. The fraction of sp³-hybridized carbons (Fsp3) is 0.952. The van der Waals surface area contributed by atoms with Gasteiger partial charge in [0, 0.05) is 38.8 Å². The number of rotatable bonds is 9. The van der Waals surface area contributed by atoms with Gasteiger partial charge in [-0.15, -0.1) is 24.0 Å². The molecule has 2 aliphatic rings. The zero-order valence-electron chi connectivity index (χ0n) is 18.5. The smallest absolute Gasteiger partial charge is 0.193 e. The fourth-order valence-corrected chi connectivity index (χ4v) is 3.91. The standard InChI is InChI=1S/C21H42N4O2.HI/c1-5-22-21(23-12-15-24(6-2)18(3)4)25-13-10-19(11-14-25)27-17-20-9-7-8-16-26-20;/h18-20H,5-17H2,1-4H3,(H,22,23);1H. The maximum atomic E-state index is 6.15. The Bertz CT molecular complexity index is 423. The molecule has 0 saturated carbocycles. The number of ether oxygens (including phenoxy) is 2. The number of piperidine rings is 1. The van der Waals surface area contributed by atoms with Crippen molar-refractivity contribution in [1.82, 2.24) is 15.1 Å². The van der Waals surface area contributed by atoms with E-state index in [4.69, 9.17) is 14.5 Å². The van der Waals surface area contributed by atoms with Crippen molar-refractivity contribution >= 4 is 29.9 Å². The van der Waals surface area contributed by atoms with E-state index in [-0.39, 0.29) is 24.0 Å². The molecule has 28 heavy (non-hydrogen) atoms. The number of nitrogens with one attached hydrogen (secondary N) is 1. The summed E-state index contributed by atoms with van der Waals surface area (Å²) in [5, 5.41) is 3.47. The summed E-state index contributed by atoms with van der Waals surface area (Å²) >= 11 is 0. The SMILES string of the molecule is CCNC(=NCCN(CC)C(C)C)N1CCC(OCC2CCCCO2)CC1.I. The van der Waals surface area contributed by atoms with E-state index in [0.717, 1.165) is 77.7 Å². The van der Waals surface area contributed by atoms with Gasteiger partial charge in [-0.25, -0.2) is 0 Å². The summed E-state index contributed by atoms with van der Waals surface area (Å²) in [5.74, 6) is 1.06. The van der Waals surface area contributed by atoms with E-state index in [0.29, 0.717) is 18.2 Å². The normalized spacial score (nSPS) is 21.9. The third-order valence-corrected chi connectivity index (χ3v) is 5.65. The Morgan fingerprint density at radius 3 is 2.54 bits per heavy atom. The summed E-state index contributed by atoms with van der Waals surface area (Å²) in [6.07, 6.45) is 6.47. The van der Waals surface area contributed by atoms with E-state index in [1.165, 1.54) is 12.8 Å². The van der Waals surface area contributed by atoms with Gasteiger partial charge in [0.2, 0.25) is 0 Å². The minimum Gasteiger partial charge on any atom is -0.376 e. The predicted molar refractivity (Wildman–Crippen MR) is 128 cm³/mol. The molecule has 0 aliphatic carbocycles. The lowest BCUT2D eigenvalue weighted by Gasteiger charge is -2.35. The van der Waals surface area contributed by atoms with Crippen molar-refractivity contribution in [3.05, 3.63) is 0 Å². The molecule has 2 fully saturated rings. The van der Waals surface area contributed by atoms with Gasteiger partial charge in [0.25, 0.3) is 0 Å². The zero-order valence-corrected chi connectivity index (χ0v) is 20.8. The molecule has 0 aromatic carbocycles. The van der Waals surface area contributed by atoms with E-state index < -0.39 is 0 Å². The van der Waals surface area contributed by atoms with Crippen LogP contribution in [-0.2, 0) is 9.47 Å². The van der Waals surface area contributed by atoms with E-state index in [2.05, 4.69) is 42.8 Å². The highest BCUT2D eigenvalue weighted by molar-refractivity contribution is 14.0. The van der Waals surface area contributed by atoms with Crippen LogP contribution in [0.2, 0.25) is 0 Å². The monoisotopic (exact) mass is 510 g/mol. The molecular formula is C21H43IN4O2. The van der Waals surface area contributed by atoms with Gasteiger partial charge in [-0.2, -0.15) is 0 Å². The first-order valence-electron chi connectivity index (χ1n) is 11.1. The van der Waals surface area contributed by atoms with Crippen LogP contribution in [0.25, 0.3) is 0 Å². The Morgan fingerprint density at radius 2 is 1.96 bits per heavy atom. The van der Waals surface area contributed by atoms with Crippen molar-refractivity contribution in [2.24, 2.45) is 4.99 Å². The van der Waals surface area contributed by atoms with E-state index in [9.17, 15) is 0 Å². The fourth-order valence-electron chi connectivity index (χ4n) is 3.91. The average molecular weight is 511 g/mol. The molecule has 0 radical (unpaired) electrons. The lowest BCUT2D eigenvalue weighted by molar-refractivity contribution is -0.0721. The molecule has 1 unspecified atom stereocenters. The molecular weight excluding hydrogens is 467 g/mol. The summed E-state index contributed by atoms with van der Waals surface area (Å²) in [6, 6.07) is 0.578. The Labute approximate surface area is 189 Å². The second-order valence-corrected chi connectivity index (χ2v) is 7.97. The maximum Gasteiger partial charge on any atom is 0.193 e. The number of aliphatic imine (C=N–C) groups is 1. The molecule has 166 valence electrons. The van der Waals surface area contributed by atoms with E-state index >= 15 is 0 Å². The lowest BCUT2D eigenvalue weighted by Crippen LogP contribution is -2.47. The number of hydrogen-bond acceptors (Lipinski definition) is 4. The van der Waals surface area contributed by atoms with Gasteiger partial charge in [0.1, 0.15) is 0 Å². The van der Waals surface area contributed by atoms with Crippen LogP contribution < -0.4 is 5.32 Å². The minimum atomic E-state index is 0. The summed E-state index contributed by atoms with van der Waals surface area (Å²) in [6.45, 7) is 16.4. The molecule has 0 amide bonds. The largest absolute Gasteiger partial charge is 0.376 e. The molecule has 1 atom stereocenters. The number of halogens is 1. The number of likely N-dealkylation sites (tertiary alicyclic amines) is 1. The number of hydrogen-bond donors (Lipinski definition) is 1. The number of likely N-dealkylation sites (N-methyl/N-ethyl adjacent to an activating group) is 1. The van der Waals surface area contributed by atoms with Crippen LogP contribution in [-0.4, -0.2) is 86.5 Å². The van der Waals surface area contributed by atoms with Gasteiger partial charge in [0.15, 0.2) is 5.96 Å². The zero-order chi connectivity index (χ0) is 19.5. The molecule has 2 saturated heterocycles. The first kappa shape index (κ1) is 25.9. The van der Waals surface area contributed by atoms with Crippen LogP contribution in [0.5, 0.6) is 0 Å². The average Bonchev–Trinajstić information content (AvgIpc) is 2.70.